The zero-order valence-electron chi connectivity index (χ0n) is 11.7. The molecule has 1 N–H and O–H groups in total. The fraction of sp³-hybridized carbons (Fsp3) is 0.143. The van der Waals surface area contributed by atoms with Crippen LogP contribution in [-0.4, -0.2) is 31.6 Å². The van der Waals surface area contributed by atoms with Gasteiger partial charge in [0.1, 0.15) is 6.33 Å². The maximum atomic E-state index is 4.47. The van der Waals surface area contributed by atoms with E-state index in [1.54, 1.807) is 30.3 Å². The highest BCUT2D eigenvalue weighted by Crippen LogP contribution is 2.25. The van der Waals surface area contributed by atoms with Crippen LogP contribution in [0.2, 0.25) is 0 Å². The van der Waals surface area contributed by atoms with Crippen molar-refractivity contribution in [3.63, 3.8) is 0 Å². The lowest BCUT2D eigenvalue weighted by Crippen LogP contribution is -2.06. The summed E-state index contributed by atoms with van der Waals surface area (Å²) in [5, 5.41) is 3.60. The van der Waals surface area contributed by atoms with Gasteiger partial charge in [-0.3, -0.25) is 4.57 Å². The number of hydrogen-bond donors (Lipinski definition) is 1. The van der Waals surface area contributed by atoms with Crippen LogP contribution in [-0.2, 0) is 0 Å². The van der Waals surface area contributed by atoms with E-state index in [0.29, 0.717) is 17.1 Å². The van der Waals surface area contributed by atoms with E-state index in [9.17, 15) is 0 Å². The minimum absolute atomic E-state index is 0.531. The molecule has 0 saturated carbocycles. The molecule has 1 aromatic carbocycles. The van der Waals surface area contributed by atoms with Crippen molar-refractivity contribution < 1.29 is 0 Å². The largest absolute Gasteiger partial charge is 0.357 e. The van der Waals surface area contributed by atoms with Crippen LogP contribution in [0.1, 0.15) is 5.56 Å². The van der Waals surface area contributed by atoms with Crippen molar-refractivity contribution in [1.29, 1.82) is 0 Å². The summed E-state index contributed by atoms with van der Waals surface area (Å²) in [6.45, 7) is 2.06. The second-order valence-corrected chi connectivity index (χ2v) is 5.42. The summed E-state index contributed by atoms with van der Waals surface area (Å²) in [4.78, 5) is 18.3. The molecular formula is C14H14N6S. The molecule has 0 aliphatic carbocycles. The van der Waals surface area contributed by atoms with Crippen LogP contribution >= 0.6 is 11.8 Å². The van der Waals surface area contributed by atoms with E-state index in [-0.39, 0.29) is 0 Å². The third kappa shape index (κ3) is 3.19. The number of benzene rings is 1. The average Bonchev–Trinajstić information content (AvgIpc) is 3.04. The molecule has 2 aromatic heterocycles. The second-order valence-electron chi connectivity index (χ2n) is 4.38. The van der Waals surface area contributed by atoms with Crippen LogP contribution in [0.25, 0.3) is 5.95 Å². The molecule has 0 fully saturated rings. The minimum Gasteiger partial charge on any atom is -0.357 e. The molecule has 0 radical (unpaired) electrons. The van der Waals surface area contributed by atoms with E-state index in [4.69, 9.17) is 0 Å². The fourth-order valence-electron chi connectivity index (χ4n) is 1.71. The summed E-state index contributed by atoms with van der Waals surface area (Å²) in [5.74, 6) is 1.07. The fourth-order valence-corrected chi connectivity index (χ4v) is 2.45. The van der Waals surface area contributed by atoms with Crippen molar-refractivity contribution >= 4 is 17.7 Å². The Morgan fingerprint density at radius 1 is 1.10 bits per heavy atom. The summed E-state index contributed by atoms with van der Waals surface area (Å²) in [7, 11) is 1.79. The lowest BCUT2D eigenvalue weighted by Gasteiger charge is -2.06. The van der Waals surface area contributed by atoms with Gasteiger partial charge in [-0.1, -0.05) is 17.7 Å². The Balaban J connectivity index is 1.94. The molecule has 2 heterocycles. The van der Waals surface area contributed by atoms with Crippen molar-refractivity contribution in [3.05, 3.63) is 48.5 Å². The Bertz CT molecular complexity index is 724. The highest BCUT2D eigenvalue weighted by Gasteiger charge is 2.08. The van der Waals surface area contributed by atoms with Gasteiger partial charge in [0, 0.05) is 24.3 Å². The molecule has 0 amide bonds. The first-order valence-corrected chi connectivity index (χ1v) is 7.23. The quantitative estimate of drug-likeness (QED) is 0.798. The van der Waals surface area contributed by atoms with Gasteiger partial charge in [-0.15, -0.1) is 0 Å². The molecule has 6 nitrogen and oxygen atoms in total. The average molecular weight is 298 g/mol. The van der Waals surface area contributed by atoms with Crippen molar-refractivity contribution in [3.8, 4) is 5.95 Å². The first-order chi connectivity index (χ1) is 10.2. The van der Waals surface area contributed by atoms with Gasteiger partial charge in [-0.05, 0) is 30.8 Å². The molecule has 3 rings (SSSR count). The Kier molecular flexibility index (Phi) is 3.83. The number of aryl methyl sites for hydroxylation is 1. The minimum atomic E-state index is 0.531. The summed E-state index contributed by atoms with van der Waals surface area (Å²) in [5.41, 5.74) is 1.23. The molecule has 0 aliphatic rings. The van der Waals surface area contributed by atoms with Crippen LogP contribution in [0.4, 0.5) is 5.95 Å². The van der Waals surface area contributed by atoms with Crippen LogP contribution in [0, 0.1) is 6.92 Å². The van der Waals surface area contributed by atoms with Gasteiger partial charge in [0.15, 0.2) is 5.16 Å². The highest BCUT2D eigenvalue weighted by atomic mass is 32.2. The number of nitrogens with zero attached hydrogens (tertiary/aromatic N) is 5. The third-order valence-corrected chi connectivity index (χ3v) is 3.67. The number of rotatable bonds is 4. The predicted octanol–water partition coefficient (Wildman–Crippen LogP) is 2.56. The van der Waals surface area contributed by atoms with Gasteiger partial charge in [0.2, 0.25) is 11.9 Å². The number of nitrogens with one attached hydrogen (secondary N) is 1. The van der Waals surface area contributed by atoms with Crippen molar-refractivity contribution in [2.24, 2.45) is 0 Å². The predicted molar refractivity (Wildman–Crippen MR) is 81.8 cm³/mol. The molecule has 0 atom stereocenters. The van der Waals surface area contributed by atoms with E-state index in [2.05, 4.69) is 56.4 Å². The van der Waals surface area contributed by atoms with Gasteiger partial charge in [0.25, 0.3) is 0 Å². The first kappa shape index (κ1) is 13.6. The molecule has 0 aliphatic heterocycles. The van der Waals surface area contributed by atoms with Gasteiger partial charge in [0.05, 0.1) is 0 Å². The lowest BCUT2D eigenvalue weighted by molar-refractivity contribution is 0.828. The molecule has 3 aromatic rings. The molecular weight excluding hydrogens is 284 g/mol. The summed E-state index contributed by atoms with van der Waals surface area (Å²) >= 11 is 1.50. The second kappa shape index (κ2) is 5.92. The Morgan fingerprint density at radius 3 is 2.57 bits per heavy atom. The zero-order chi connectivity index (χ0) is 14.7. The summed E-state index contributed by atoms with van der Waals surface area (Å²) < 4.78 is 1.75. The van der Waals surface area contributed by atoms with Crippen molar-refractivity contribution in [2.45, 2.75) is 17.0 Å². The monoisotopic (exact) mass is 298 g/mol. The van der Waals surface area contributed by atoms with E-state index in [1.807, 2.05) is 0 Å². The first-order valence-electron chi connectivity index (χ1n) is 6.41. The maximum Gasteiger partial charge on any atom is 0.240 e. The van der Waals surface area contributed by atoms with Crippen LogP contribution in [0.15, 0.2) is 53.0 Å². The third-order valence-electron chi connectivity index (χ3n) is 2.79. The number of aromatic nitrogens is 5. The maximum absolute atomic E-state index is 4.47. The number of imidazole rings is 1. The van der Waals surface area contributed by atoms with Gasteiger partial charge >= 0.3 is 0 Å². The molecule has 7 heteroatoms. The molecule has 0 spiro atoms. The molecule has 0 bridgehead atoms. The summed E-state index contributed by atoms with van der Waals surface area (Å²) in [6, 6.07) is 8.25. The van der Waals surface area contributed by atoms with Gasteiger partial charge in [-0.2, -0.15) is 15.0 Å². The Hall–Kier alpha value is -2.41. The zero-order valence-corrected chi connectivity index (χ0v) is 12.5. The molecule has 21 heavy (non-hydrogen) atoms. The van der Waals surface area contributed by atoms with E-state index >= 15 is 0 Å². The Morgan fingerprint density at radius 2 is 1.90 bits per heavy atom. The summed E-state index contributed by atoms with van der Waals surface area (Å²) in [6.07, 6.45) is 5.15. The normalized spacial score (nSPS) is 10.6. The van der Waals surface area contributed by atoms with Gasteiger partial charge in [-0.25, -0.2) is 4.98 Å². The van der Waals surface area contributed by atoms with Gasteiger partial charge < -0.3 is 5.32 Å². The standard InChI is InChI=1S/C14H14N6S/c1-10-3-5-11(6-4-10)21-14-18-12(15-2)17-13(19-14)20-8-7-16-9-20/h3-9H,1-2H3,(H,15,17,18,19). The SMILES string of the molecule is CNc1nc(Sc2ccc(C)cc2)nc(-n2ccnc2)n1. The lowest BCUT2D eigenvalue weighted by atomic mass is 10.2. The molecule has 106 valence electrons. The Labute approximate surface area is 126 Å². The topological polar surface area (TPSA) is 68.5 Å². The van der Waals surface area contributed by atoms with E-state index < -0.39 is 0 Å². The van der Waals surface area contributed by atoms with Crippen LogP contribution in [0.3, 0.4) is 0 Å². The van der Waals surface area contributed by atoms with E-state index in [0.717, 1.165) is 4.90 Å². The molecule has 0 saturated heterocycles. The van der Waals surface area contributed by atoms with Crippen LogP contribution in [0.5, 0.6) is 0 Å². The number of hydrogen-bond acceptors (Lipinski definition) is 6. The van der Waals surface area contributed by atoms with Crippen LogP contribution < -0.4 is 5.32 Å². The number of anilines is 1. The van der Waals surface area contributed by atoms with Crippen molar-refractivity contribution in [1.82, 2.24) is 24.5 Å². The van der Waals surface area contributed by atoms with Crippen molar-refractivity contribution in [2.75, 3.05) is 12.4 Å². The highest BCUT2D eigenvalue weighted by molar-refractivity contribution is 7.99. The van der Waals surface area contributed by atoms with E-state index in [1.165, 1.54) is 17.3 Å². The molecule has 0 unspecified atom stereocenters. The smallest absolute Gasteiger partial charge is 0.240 e.